The molecular formula is C25H42N4O5S. The quantitative estimate of drug-likeness (QED) is 0.481. The van der Waals surface area contributed by atoms with Crippen LogP contribution in [0.1, 0.15) is 78.5 Å². The Bertz CT molecular complexity index is 1080. The van der Waals surface area contributed by atoms with Crippen LogP contribution in [0.25, 0.3) is 0 Å². The zero-order valence-corrected chi connectivity index (χ0v) is 23.6. The van der Waals surface area contributed by atoms with Crippen molar-refractivity contribution < 1.29 is 22.7 Å². The van der Waals surface area contributed by atoms with Crippen LogP contribution in [0, 0.1) is 25.2 Å². The molecule has 198 valence electrons. The highest BCUT2D eigenvalue weighted by Crippen LogP contribution is 2.45. The van der Waals surface area contributed by atoms with Gasteiger partial charge in [0.05, 0.1) is 17.1 Å². The number of nitrogens with zero attached hydrogens (tertiary/aromatic N) is 1. The van der Waals surface area contributed by atoms with Gasteiger partial charge < -0.3 is 15.0 Å². The summed E-state index contributed by atoms with van der Waals surface area (Å²) in [5, 5.41) is 3.07. The normalized spacial score (nSPS) is 14.1. The van der Waals surface area contributed by atoms with Crippen molar-refractivity contribution >= 4 is 39.3 Å². The number of nitrogens with one attached hydrogen (secondary N) is 3. The van der Waals surface area contributed by atoms with E-state index in [1.165, 1.54) is 0 Å². The SMILES string of the molecule is Cc1c2c(c(NC(=O)C(C)(C)C)c(C)c1NS(=O)(=O)NC(=O)OC(C)(C)C)N(CCC(C)C)CC2. The van der Waals surface area contributed by atoms with Crippen molar-refractivity contribution in [3.63, 3.8) is 0 Å². The molecule has 1 aliphatic rings. The Hall–Kier alpha value is -2.49. The van der Waals surface area contributed by atoms with Crippen LogP contribution < -0.4 is 19.7 Å². The molecule has 0 saturated carbocycles. The number of fused-ring (bicyclic) bond motifs is 1. The summed E-state index contributed by atoms with van der Waals surface area (Å²) in [4.78, 5) is 27.3. The molecule has 3 N–H and O–H groups in total. The third-order valence-electron chi connectivity index (χ3n) is 5.80. The number of carbonyl (C=O) groups is 2. The Morgan fingerprint density at radius 2 is 1.63 bits per heavy atom. The molecule has 0 radical (unpaired) electrons. The van der Waals surface area contributed by atoms with Crippen molar-refractivity contribution in [1.29, 1.82) is 0 Å². The van der Waals surface area contributed by atoms with Crippen LogP contribution in [0.4, 0.5) is 21.9 Å². The molecule has 1 aromatic rings. The maximum atomic E-state index is 13.0. The van der Waals surface area contributed by atoms with Crippen LogP contribution >= 0.6 is 0 Å². The Kier molecular flexibility index (Phi) is 8.41. The smallest absolute Gasteiger partial charge is 0.422 e. The van der Waals surface area contributed by atoms with Crippen molar-refractivity contribution in [1.82, 2.24) is 4.72 Å². The van der Waals surface area contributed by atoms with E-state index in [0.717, 1.165) is 42.7 Å². The third kappa shape index (κ3) is 7.49. The Balaban J connectivity index is 2.53. The maximum absolute atomic E-state index is 13.0. The van der Waals surface area contributed by atoms with Gasteiger partial charge in [-0.3, -0.25) is 9.52 Å². The summed E-state index contributed by atoms with van der Waals surface area (Å²) in [6.45, 7) is 20.0. The fourth-order valence-corrected chi connectivity index (χ4v) is 4.78. The van der Waals surface area contributed by atoms with Gasteiger partial charge in [-0.05, 0) is 70.1 Å². The second-order valence-electron chi connectivity index (χ2n) is 11.7. The molecule has 0 atom stereocenters. The molecule has 10 heteroatoms. The van der Waals surface area contributed by atoms with Gasteiger partial charge in [0, 0.05) is 18.5 Å². The summed E-state index contributed by atoms with van der Waals surface area (Å²) in [6, 6.07) is 0. The summed E-state index contributed by atoms with van der Waals surface area (Å²) in [7, 11) is -4.28. The van der Waals surface area contributed by atoms with Crippen LogP contribution in [0.3, 0.4) is 0 Å². The van der Waals surface area contributed by atoms with Crippen molar-refractivity contribution in [2.24, 2.45) is 11.3 Å². The van der Waals surface area contributed by atoms with Crippen LogP contribution in [0.5, 0.6) is 0 Å². The summed E-state index contributed by atoms with van der Waals surface area (Å²) < 4.78 is 35.1. The number of carbonyl (C=O) groups excluding carboxylic acids is 2. The molecule has 35 heavy (non-hydrogen) atoms. The molecule has 0 aliphatic carbocycles. The molecule has 2 amide bonds. The third-order valence-corrected chi connectivity index (χ3v) is 6.71. The monoisotopic (exact) mass is 510 g/mol. The van der Waals surface area contributed by atoms with Crippen molar-refractivity contribution in [3.05, 3.63) is 16.7 Å². The van der Waals surface area contributed by atoms with E-state index >= 15 is 0 Å². The lowest BCUT2D eigenvalue weighted by molar-refractivity contribution is -0.123. The molecule has 0 fully saturated rings. The standard InChI is InChI=1S/C25H42N4O5S/c1-15(2)11-13-29-14-12-18-16(3)19(27-35(32,33)28-23(31)34-25(8,9)10)17(4)20(21(18)29)26-22(30)24(5,6)7/h15,27H,11-14H2,1-10H3,(H,26,30)(H,28,31). The fraction of sp³-hybridized carbons (Fsp3) is 0.680. The van der Waals surface area contributed by atoms with E-state index in [0.29, 0.717) is 22.9 Å². The molecule has 0 unspecified atom stereocenters. The van der Waals surface area contributed by atoms with Crippen LogP contribution in [0.15, 0.2) is 0 Å². The van der Waals surface area contributed by atoms with Gasteiger partial charge in [-0.25, -0.2) is 9.52 Å². The van der Waals surface area contributed by atoms with E-state index in [1.807, 2.05) is 32.4 Å². The molecule has 2 rings (SSSR count). The van der Waals surface area contributed by atoms with E-state index in [1.54, 1.807) is 27.7 Å². The Morgan fingerprint density at radius 1 is 1.03 bits per heavy atom. The fourth-order valence-electron chi connectivity index (χ4n) is 3.89. The van der Waals surface area contributed by atoms with E-state index < -0.39 is 27.3 Å². The Labute approximate surface area is 210 Å². The molecule has 0 aromatic heterocycles. The van der Waals surface area contributed by atoms with Crippen LogP contribution in [-0.2, 0) is 26.2 Å². The second kappa shape index (κ2) is 10.2. The predicted octanol–water partition coefficient (Wildman–Crippen LogP) is 4.88. The minimum Gasteiger partial charge on any atom is -0.443 e. The van der Waals surface area contributed by atoms with Gasteiger partial charge in [-0.15, -0.1) is 0 Å². The lowest BCUT2D eigenvalue weighted by Crippen LogP contribution is -2.39. The minimum atomic E-state index is -4.28. The Morgan fingerprint density at radius 3 is 2.14 bits per heavy atom. The zero-order chi connectivity index (χ0) is 26.9. The lowest BCUT2D eigenvalue weighted by Gasteiger charge is -2.28. The first-order valence-corrected chi connectivity index (χ1v) is 13.6. The van der Waals surface area contributed by atoms with Crippen molar-refractivity contribution in [2.75, 3.05) is 28.0 Å². The average molecular weight is 511 g/mol. The number of ether oxygens (including phenoxy) is 1. The lowest BCUT2D eigenvalue weighted by atomic mass is 9.94. The molecule has 0 bridgehead atoms. The number of rotatable bonds is 7. The molecule has 1 heterocycles. The maximum Gasteiger partial charge on any atom is 0.422 e. The number of amides is 2. The highest BCUT2D eigenvalue weighted by Gasteiger charge is 2.32. The first-order chi connectivity index (χ1) is 15.8. The van der Waals surface area contributed by atoms with Crippen molar-refractivity contribution in [3.8, 4) is 0 Å². The van der Waals surface area contributed by atoms with Gasteiger partial charge in [0.2, 0.25) is 5.91 Å². The van der Waals surface area contributed by atoms with Crippen LogP contribution in [0.2, 0.25) is 0 Å². The largest absolute Gasteiger partial charge is 0.443 e. The first-order valence-electron chi connectivity index (χ1n) is 12.1. The number of hydrogen-bond donors (Lipinski definition) is 3. The number of anilines is 3. The zero-order valence-electron chi connectivity index (χ0n) is 22.8. The molecule has 0 spiro atoms. The summed E-state index contributed by atoms with van der Waals surface area (Å²) in [5.41, 5.74) is 2.75. The van der Waals surface area contributed by atoms with Crippen molar-refractivity contribution in [2.45, 2.75) is 87.7 Å². The highest BCUT2D eigenvalue weighted by atomic mass is 32.2. The highest BCUT2D eigenvalue weighted by molar-refractivity contribution is 7.91. The van der Waals surface area contributed by atoms with Gasteiger partial charge in [0.1, 0.15) is 5.60 Å². The molecular weight excluding hydrogens is 468 g/mol. The van der Waals surface area contributed by atoms with Crippen LogP contribution in [-0.4, -0.2) is 39.1 Å². The van der Waals surface area contributed by atoms with Gasteiger partial charge >= 0.3 is 16.3 Å². The minimum absolute atomic E-state index is 0.164. The van der Waals surface area contributed by atoms with E-state index in [2.05, 4.69) is 28.8 Å². The molecule has 1 aliphatic heterocycles. The van der Waals surface area contributed by atoms with Gasteiger partial charge in [-0.1, -0.05) is 34.6 Å². The van der Waals surface area contributed by atoms with E-state index in [4.69, 9.17) is 4.74 Å². The summed E-state index contributed by atoms with van der Waals surface area (Å²) in [5.74, 6) is 0.363. The van der Waals surface area contributed by atoms with Gasteiger partial charge in [0.15, 0.2) is 0 Å². The summed E-state index contributed by atoms with van der Waals surface area (Å²) >= 11 is 0. The van der Waals surface area contributed by atoms with Gasteiger partial charge in [-0.2, -0.15) is 8.42 Å². The molecule has 1 aromatic carbocycles. The second-order valence-corrected chi connectivity index (χ2v) is 13.1. The van der Waals surface area contributed by atoms with Gasteiger partial charge in [0.25, 0.3) is 0 Å². The predicted molar refractivity (Wildman–Crippen MR) is 141 cm³/mol. The number of benzene rings is 1. The topological polar surface area (TPSA) is 117 Å². The summed E-state index contributed by atoms with van der Waals surface area (Å²) in [6.07, 6.45) is 0.660. The average Bonchev–Trinajstić information content (AvgIpc) is 3.07. The van der Waals surface area contributed by atoms with E-state index in [9.17, 15) is 18.0 Å². The van der Waals surface area contributed by atoms with E-state index in [-0.39, 0.29) is 5.91 Å². The molecule has 0 saturated heterocycles. The number of hydrogen-bond acceptors (Lipinski definition) is 6. The first kappa shape index (κ1) is 28.7. The molecule has 9 nitrogen and oxygen atoms in total.